The van der Waals surface area contributed by atoms with Gasteiger partial charge in [-0.2, -0.15) is 0 Å². The molecule has 3 heteroatoms. The summed E-state index contributed by atoms with van der Waals surface area (Å²) in [7, 11) is 0. The van der Waals surface area contributed by atoms with E-state index in [1.165, 1.54) is 38.5 Å². The number of carboxylic acid groups (broad SMARTS) is 1. The smallest absolute Gasteiger partial charge is 0.306 e. The van der Waals surface area contributed by atoms with Gasteiger partial charge in [0.05, 0.1) is 12.0 Å². The Bertz CT molecular complexity index is 269. The van der Waals surface area contributed by atoms with Gasteiger partial charge in [0, 0.05) is 0 Å². The highest BCUT2D eigenvalue weighted by atomic mass is 16.4. The molecule has 1 aliphatic rings. The molecule has 20 heavy (non-hydrogen) atoms. The first-order valence-electron chi connectivity index (χ1n) is 8.45. The summed E-state index contributed by atoms with van der Waals surface area (Å²) in [5.74, 6) is 0.174. The monoisotopic (exact) mass is 284 g/mol. The molecule has 0 radical (unpaired) electrons. The molecule has 1 fully saturated rings. The average Bonchev–Trinajstić information content (AvgIpc) is 2.45. The van der Waals surface area contributed by atoms with E-state index in [0.717, 1.165) is 18.8 Å². The third-order valence-electron chi connectivity index (χ3n) is 4.97. The normalized spacial score (nSPS) is 26.1. The van der Waals surface area contributed by atoms with Gasteiger partial charge in [-0.1, -0.05) is 52.4 Å². The Morgan fingerprint density at radius 1 is 1.15 bits per heavy atom. The SMILES string of the molecule is CCCCC[C@H]1CC[C@H](C(O)CCC(C)C(=O)O)CC1. The highest BCUT2D eigenvalue weighted by molar-refractivity contribution is 5.69. The highest BCUT2D eigenvalue weighted by Crippen LogP contribution is 2.34. The van der Waals surface area contributed by atoms with Crippen molar-refractivity contribution >= 4 is 5.97 Å². The number of hydrogen-bond acceptors (Lipinski definition) is 2. The summed E-state index contributed by atoms with van der Waals surface area (Å²) in [6, 6.07) is 0. The largest absolute Gasteiger partial charge is 0.481 e. The van der Waals surface area contributed by atoms with E-state index in [1.807, 2.05) is 0 Å². The van der Waals surface area contributed by atoms with Crippen molar-refractivity contribution in [1.29, 1.82) is 0 Å². The average molecular weight is 284 g/mol. The summed E-state index contributed by atoms with van der Waals surface area (Å²) in [4.78, 5) is 10.8. The fourth-order valence-corrected chi connectivity index (χ4v) is 3.32. The van der Waals surface area contributed by atoms with Gasteiger partial charge in [-0.3, -0.25) is 4.79 Å². The van der Waals surface area contributed by atoms with Crippen LogP contribution in [0, 0.1) is 17.8 Å². The zero-order valence-electron chi connectivity index (χ0n) is 13.2. The Balaban J connectivity index is 2.18. The van der Waals surface area contributed by atoms with Gasteiger partial charge >= 0.3 is 5.97 Å². The topological polar surface area (TPSA) is 57.5 Å². The van der Waals surface area contributed by atoms with Crippen LogP contribution in [-0.2, 0) is 4.79 Å². The van der Waals surface area contributed by atoms with Crippen LogP contribution in [0.15, 0.2) is 0 Å². The van der Waals surface area contributed by atoms with Crippen molar-refractivity contribution in [3.8, 4) is 0 Å². The van der Waals surface area contributed by atoms with Crippen molar-refractivity contribution in [2.45, 2.75) is 84.2 Å². The zero-order valence-corrected chi connectivity index (χ0v) is 13.2. The number of aliphatic hydroxyl groups is 1. The van der Waals surface area contributed by atoms with Crippen LogP contribution < -0.4 is 0 Å². The van der Waals surface area contributed by atoms with Crippen molar-refractivity contribution in [2.24, 2.45) is 17.8 Å². The first kappa shape index (κ1) is 17.5. The van der Waals surface area contributed by atoms with Crippen LogP contribution >= 0.6 is 0 Å². The number of aliphatic carboxylic acids is 1. The van der Waals surface area contributed by atoms with Crippen LogP contribution in [0.3, 0.4) is 0 Å². The fourth-order valence-electron chi connectivity index (χ4n) is 3.32. The molecule has 118 valence electrons. The Morgan fingerprint density at radius 2 is 1.80 bits per heavy atom. The van der Waals surface area contributed by atoms with E-state index in [9.17, 15) is 9.90 Å². The number of unbranched alkanes of at least 4 members (excludes halogenated alkanes) is 2. The molecule has 0 saturated heterocycles. The van der Waals surface area contributed by atoms with Crippen LogP contribution in [0.25, 0.3) is 0 Å². The fraction of sp³-hybridized carbons (Fsp3) is 0.941. The van der Waals surface area contributed by atoms with E-state index in [2.05, 4.69) is 6.92 Å². The minimum absolute atomic E-state index is 0.298. The lowest BCUT2D eigenvalue weighted by atomic mass is 9.76. The number of carboxylic acids is 1. The highest BCUT2D eigenvalue weighted by Gasteiger charge is 2.26. The maximum atomic E-state index is 10.8. The van der Waals surface area contributed by atoms with Crippen molar-refractivity contribution in [3.63, 3.8) is 0 Å². The molecule has 0 aromatic heterocycles. The lowest BCUT2D eigenvalue weighted by Crippen LogP contribution is -2.26. The molecule has 3 nitrogen and oxygen atoms in total. The van der Waals surface area contributed by atoms with Crippen LogP contribution in [0.2, 0.25) is 0 Å². The maximum absolute atomic E-state index is 10.8. The molecule has 1 saturated carbocycles. The molecule has 2 N–H and O–H groups in total. The minimum atomic E-state index is -0.753. The second-order valence-electron chi connectivity index (χ2n) is 6.66. The van der Waals surface area contributed by atoms with Crippen molar-refractivity contribution in [2.75, 3.05) is 0 Å². The molecule has 0 aliphatic heterocycles. The van der Waals surface area contributed by atoms with Gasteiger partial charge in [-0.25, -0.2) is 0 Å². The van der Waals surface area contributed by atoms with E-state index in [-0.39, 0.29) is 12.0 Å². The van der Waals surface area contributed by atoms with E-state index in [4.69, 9.17) is 5.11 Å². The molecule has 0 spiro atoms. The number of hydrogen-bond donors (Lipinski definition) is 2. The van der Waals surface area contributed by atoms with Gasteiger partial charge in [0.2, 0.25) is 0 Å². The summed E-state index contributed by atoms with van der Waals surface area (Å²) in [5, 5.41) is 19.1. The molecule has 0 aromatic rings. The Kier molecular flexibility index (Phi) is 8.20. The first-order valence-corrected chi connectivity index (χ1v) is 8.45. The van der Waals surface area contributed by atoms with E-state index >= 15 is 0 Å². The van der Waals surface area contributed by atoms with Crippen LogP contribution in [0.5, 0.6) is 0 Å². The van der Waals surface area contributed by atoms with Crippen LogP contribution in [0.4, 0.5) is 0 Å². The molecular formula is C17H32O3. The molecular weight excluding hydrogens is 252 g/mol. The molecule has 0 heterocycles. The van der Waals surface area contributed by atoms with Crippen molar-refractivity contribution in [3.05, 3.63) is 0 Å². The van der Waals surface area contributed by atoms with Gasteiger partial charge in [0.25, 0.3) is 0 Å². The third-order valence-corrected chi connectivity index (χ3v) is 4.97. The number of aliphatic hydroxyl groups excluding tert-OH is 1. The van der Waals surface area contributed by atoms with Gasteiger partial charge in [-0.05, 0) is 37.5 Å². The lowest BCUT2D eigenvalue weighted by molar-refractivity contribution is -0.141. The molecule has 1 aliphatic carbocycles. The van der Waals surface area contributed by atoms with Gasteiger partial charge < -0.3 is 10.2 Å². The number of carbonyl (C=O) groups is 1. The van der Waals surface area contributed by atoms with E-state index < -0.39 is 5.97 Å². The van der Waals surface area contributed by atoms with Crippen molar-refractivity contribution < 1.29 is 15.0 Å². The molecule has 0 bridgehead atoms. The number of rotatable bonds is 9. The van der Waals surface area contributed by atoms with Gasteiger partial charge in [-0.15, -0.1) is 0 Å². The summed E-state index contributed by atoms with van der Waals surface area (Å²) < 4.78 is 0. The molecule has 2 unspecified atom stereocenters. The van der Waals surface area contributed by atoms with Gasteiger partial charge in [0.15, 0.2) is 0 Å². The predicted molar refractivity (Wildman–Crippen MR) is 81.6 cm³/mol. The molecule has 0 aromatic carbocycles. The Labute approximate surface area is 123 Å². The van der Waals surface area contributed by atoms with E-state index in [0.29, 0.717) is 18.8 Å². The quantitative estimate of drug-likeness (QED) is 0.623. The predicted octanol–water partition coefficient (Wildman–Crippen LogP) is 4.23. The standard InChI is InChI=1S/C17H32O3/c1-3-4-5-6-14-8-10-15(11-9-14)16(18)12-7-13(2)17(19)20/h13-16,18H,3-12H2,1-2H3,(H,19,20)/t13?,14-,15-,16?. The summed E-state index contributed by atoms with van der Waals surface area (Å²) in [6.45, 7) is 3.96. The lowest BCUT2D eigenvalue weighted by Gasteiger charge is -2.31. The second kappa shape index (κ2) is 9.38. The molecule has 1 rings (SSSR count). The molecule has 2 atom stereocenters. The minimum Gasteiger partial charge on any atom is -0.481 e. The third kappa shape index (κ3) is 6.25. The van der Waals surface area contributed by atoms with Gasteiger partial charge in [0.1, 0.15) is 0 Å². The first-order chi connectivity index (χ1) is 9.54. The second-order valence-corrected chi connectivity index (χ2v) is 6.66. The Hall–Kier alpha value is -0.570. The summed E-state index contributed by atoms with van der Waals surface area (Å²) in [6.07, 6.45) is 11.0. The summed E-state index contributed by atoms with van der Waals surface area (Å²) >= 11 is 0. The maximum Gasteiger partial charge on any atom is 0.306 e. The summed E-state index contributed by atoms with van der Waals surface area (Å²) in [5.41, 5.74) is 0. The van der Waals surface area contributed by atoms with Crippen LogP contribution in [0.1, 0.15) is 78.1 Å². The zero-order chi connectivity index (χ0) is 15.0. The van der Waals surface area contributed by atoms with E-state index in [1.54, 1.807) is 6.92 Å². The Morgan fingerprint density at radius 3 is 2.35 bits per heavy atom. The van der Waals surface area contributed by atoms with Crippen molar-refractivity contribution in [1.82, 2.24) is 0 Å². The molecule has 0 amide bonds. The van der Waals surface area contributed by atoms with Crippen LogP contribution in [-0.4, -0.2) is 22.3 Å².